The molecule has 0 unspecified atom stereocenters. The Hall–Kier alpha value is -6.86. The van der Waals surface area contributed by atoms with E-state index in [4.69, 9.17) is 36.0 Å². The molecule has 0 saturated heterocycles. The Bertz CT molecular complexity index is 2000. The number of carbonyl (C=O) groups is 4. The third kappa shape index (κ3) is 6.03. The minimum absolute atomic E-state index is 0.0227. The van der Waals surface area contributed by atoms with Gasteiger partial charge in [-0.05, 0) is 0 Å². The second-order valence-electron chi connectivity index (χ2n) is 9.95. The van der Waals surface area contributed by atoms with Crippen LogP contribution in [0.2, 0.25) is 0 Å². The van der Waals surface area contributed by atoms with E-state index in [2.05, 4.69) is 40.5 Å². The Balaban J connectivity index is 1.26. The van der Waals surface area contributed by atoms with Crippen molar-refractivity contribution >= 4 is 23.8 Å². The van der Waals surface area contributed by atoms with E-state index < -0.39 is 35.8 Å². The summed E-state index contributed by atoms with van der Waals surface area (Å²) in [5.74, 6) is -2.96. The van der Waals surface area contributed by atoms with Gasteiger partial charge < -0.3 is 46.6 Å². The Morgan fingerprint density at radius 3 is 1.23 bits per heavy atom. The van der Waals surface area contributed by atoms with Crippen molar-refractivity contribution in [1.82, 2.24) is 40.5 Å². The average molecular weight is 661 g/mol. The second kappa shape index (κ2) is 12.2. The van der Waals surface area contributed by atoms with Crippen LogP contribution in [0.4, 0.5) is 0 Å². The van der Waals surface area contributed by atoms with Crippen molar-refractivity contribution in [1.29, 1.82) is 0 Å². The van der Waals surface area contributed by atoms with Gasteiger partial charge in [-0.2, -0.15) is 0 Å². The summed E-state index contributed by atoms with van der Waals surface area (Å²) in [4.78, 5) is 75.0. The summed E-state index contributed by atoms with van der Waals surface area (Å²) in [6, 6.07) is -2.12. The zero-order chi connectivity index (χ0) is 33.4. The molecule has 244 valence electrons. The van der Waals surface area contributed by atoms with Crippen molar-refractivity contribution in [3.63, 3.8) is 0 Å². The van der Waals surface area contributed by atoms with E-state index in [0.717, 1.165) is 12.5 Å². The maximum atomic E-state index is 13.2. The third-order valence-electron chi connectivity index (χ3n) is 6.52. The fourth-order valence-electron chi connectivity index (χ4n) is 4.28. The molecule has 0 radical (unpaired) electrons. The average Bonchev–Trinajstić information content (AvgIpc) is 3.90. The summed E-state index contributed by atoms with van der Waals surface area (Å²) in [6.45, 7) is 1.73. The number of amides is 2. The smallest absolute Gasteiger partial charge is 0.302 e. The molecule has 20 nitrogen and oxygen atoms in total. The van der Waals surface area contributed by atoms with Crippen LogP contribution in [0.1, 0.15) is 58.7 Å². The lowest BCUT2D eigenvalue weighted by Crippen LogP contribution is -2.32. The summed E-state index contributed by atoms with van der Waals surface area (Å²) in [7, 11) is 0. The largest absolute Gasteiger partial charge is 0.463 e. The Morgan fingerprint density at radius 2 is 0.854 bits per heavy atom. The van der Waals surface area contributed by atoms with Crippen LogP contribution in [0.15, 0.2) is 64.1 Å². The van der Waals surface area contributed by atoms with Crippen molar-refractivity contribution in [3.8, 4) is 46.3 Å². The van der Waals surface area contributed by atoms with Gasteiger partial charge in [-0.15, -0.1) is 0 Å². The first kappa shape index (κ1) is 29.8. The molecule has 0 aliphatic carbocycles. The number of ether oxygens (including phenoxy) is 2. The molecular formula is C28H20N8O12. The van der Waals surface area contributed by atoms with E-state index in [9.17, 15) is 19.2 Å². The molecule has 6 aromatic rings. The summed E-state index contributed by atoms with van der Waals surface area (Å²) in [5.41, 5.74) is 0.128. The maximum absolute atomic E-state index is 13.2. The van der Waals surface area contributed by atoms with Gasteiger partial charge in [-0.1, -0.05) is 0 Å². The van der Waals surface area contributed by atoms with Crippen LogP contribution < -0.4 is 10.6 Å². The van der Waals surface area contributed by atoms with Gasteiger partial charge in [0.05, 0.1) is 0 Å². The highest BCUT2D eigenvalue weighted by molar-refractivity contribution is 5.93. The van der Waals surface area contributed by atoms with Crippen LogP contribution in [0.25, 0.3) is 46.3 Å². The highest BCUT2D eigenvalue weighted by Crippen LogP contribution is 2.28. The summed E-state index contributed by atoms with van der Waals surface area (Å²) < 4.78 is 43.3. The molecule has 2 atom stereocenters. The van der Waals surface area contributed by atoms with E-state index >= 15 is 0 Å². The van der Waals surface area contributed by atoms with Gasteiger partial charge in [0.25, 0.3) is 11.8 Å². The molecule has 1 aliphatic rings. The van der Waals surface area contributed by atoms with Crippen LogP contribution in [0, 0.1) is 0 Å². The lowest BCUT2D eigenvalue weighted by atomic mass is 10.3. The Labute approximate surface area is 265 Å². The molecule has 0 spiro atoms. The van der Waals surface area contributed by atoms with Crippen LogP contribution in [0.5, 0.6) is 0 Å². The van der Waals surface area contributed by atoms with E-state index in [1.165, 1.54) is 38.9 Å². The molecule has 1 aliphatic heterocycles. The number of aromatic nitrogens is 6. The van der Waals surface area contributed by atoms with Crippen LogP contribution >= 0.6 is 0 Å². The number of oxazole rings is 6. The molecule has 7 rings (SSSR count). The van der Waals surface area contributed by atoms with Crippen LogP contribution in [0.3, 0.4) is 0 Å². The maximum Gasteiger partial charge on any atom is 0.302 e. The Kier molecular flexibility index (Phi) is 7.55. The standard InChI is InChI=1S/C28H20N8O12/c1-11(37)41-5-15-23-33-19(9-45-23)27-35-18(7-47-27)26-32-14(4-44-26)22(40)30-16(6-42-12(2)38)24-34-20(10-46-24)28-36-17(8-48-28)25-31-13(3-43-25)21(39)29-15/h3-4,7-10,15-16H,5-6H2,1-2H3,(H,29,39)(H,30,40)/t15-,16-/m1/s1. The molecule has 0 fully saturated rings. The van der Waals surface area contributed by atoms with Crippen molar-refractivity contribution in [2.45, 2.75) is 25.9 Å². The fourth-order valence-corrected chi connectivity index (χ4v) is 4.28. The predicted octanol–water partition coefficient (Wildman–Crippen LogP) is 2.66. The number of carbonyl (C=O) groups excluding carboxylic acids is 4. The quantitative estimate of drug-likeness (QED) is 0.257. The number of rotatable bonds is 4. The van der Waals surface area contributed by atoms with E-state index in [-0.39, 0.29) is 82.7 Å². The van der Waals surface area contributed by atoms with Crippen molar-refractivity contribution in [2.75, 3.05) is 13.2 Å². The fraction of sp³-hybridized carbons (Fsp3) is 0.214. The van der Waals surface area contributed by atoms with Gasteiger partial charge in [-0.3, -0.25) is 19.2 Å². The molecule has 48 heavy (non-hydrogen) atoms. The number of esters is 2. The first-order valence-corrected chi connectivity index (χ1v) is 13.8. The van der Waals surface area contributed by atoms with Crippen molar-refractivity contribution in [2.24, 2.45) is 0 Å². The van der Waals surface area contributed by atoms with Crippen molar-refractivity contribution in [3.05, 3.63) is 60.7 Å². The monoisotopic (exact) mass is 660 g/mol. The Morgan fingerprint density at radius 1 is 0.542 bits per heavy atom. The lowest BCUT2D eigenvalue weighted by Gasteiger charge is -2.14. The van der Waals surface area contributed by atoms with Gasteiger partial charge in [0.15, 0.2) is 34.2 Å². The second-order valence-corrected chi connectivity index (χ2v) is 9.95. The zero-order valence-corrected chi connectivity index (χ0v) is 24.6. The molecule has 20 heteroatoms. The lowest BCUT2D eigenvalue weighted by molar-refractivity contribution is -0.142. The minimum atomic E-state index is -1.06. The van der Waals surface area contributed by atoms with Gasteiger partial charge in [-0.25, -0.2) is 29.9 Å². The zero-order valence-electron chi connectivity index (χ0n) is 24.6. The van der Waals surface area contributed by atoms with Gasteiger partial charge >= 0.3 is 11.9 Å². The van der Waals surface area contributed by atoms with E-state index in [1.807, 2.05) is 0 Å². The summed E-state index contributed by atoms with van der Waals surface area (Å²) in [6.07, 6.45) is 7.02. The van der Waals surface area contributed by atoms with Crippen LogP contribution in [-0.2, 0) is 19.1 Å². The van der Waals surface area contributed by atoms with E-state index in [1.54, 1.807) is 0 Å². The van der Waals surface area contributed by atoms with E-state index in [0.29, 0.717) is 0 Å². The normalized spacial score (nSPS) is 16.0. The van der Waals surface area contributed by atoms with Gasteiger partial charge in [0.1, 0.15) is 62.9 Å². The summed E-state index contributed by atoms with van der Waals surface area (Å²) >= 11 is 0. The number of fused-ring (bicyclic) bond motifs is 16. The SMILES string of the molecule is CC(=O)OC[C@H]1NC(=O)c2coc(n2)-c2coc(n2)-c2coc(n2)[C@@H](COC(C)=O)NC(=O)c2coc(n2)-c2coc(n2)-c2coc1n2. The molecule has 2 amide bonds. The molecule has 0 aromatic carbocycles. The first-order valence-electron chi connectivity index (χ1n) is 13.8. The van der Waals surface area contributed by atoms with Crippen molar-refractivity contribution < 1.29 is 55.2 Å². The topological polar surface area (TPSA) is 267 Å². The molecular weight excluding hydrogens is 640 g/mol. The van der Waals surface area contributed by atoms with Crippen LogP contribution in [-0.4, -0.2) is 66.9 Å². The third-order valence-corrected chi connectivity index (χ3v) is 6.52. The van der Waals surface area contributed by atoms with Gasteiger partial charge in [0.2, 0.25) is 35.3 Å². The summed E-state index contributed by atoms with van der Waals surface area (Å²) in [5, 5.41) is 5.27. The predicted molar refractivity (Wildman–Crippen MR) is 149 cm³/mol. The minimum Gasteiger partial charge on any atom is -0.463 e. The molecule has 6 aromatic heterocycles. The highest BCUT2D eigenvalue weighted by atomic mass is 16.5. The number of hydrogen-bond acceptors (Lipinski definition) is 18. The molecule has 0 saturated carbocycles. The number of hydrogen-bond donors (Lipinski definition) is 2. The highest BCUT2D eigenvalue weighted by Gasteiger charge is 2.28. The first-order chi connectivity index (χ1) is 23.2. The number of nitrogens with one attached hydrogen (secondary N) is 2. The molecule has 7 heterocycles. The molecule has 2 N–H and O–H groups in total. The molecule has 12 bridgehead atoms. The number of nitrogens with zero attached hydrogens (tertiary/aromatic N) is 6. The van der Waals surface area contributed by atoms with Gasteiger partial charge in [0, 0.05) is 13.8 Å².